The first-order valence-corrected chi connectivity index (χ1v) is 11.8. The molecule has 1 aliphatic rings. The van der Waals surface area contributed by atoms with E-state index in [1.54, 1.807) is 29.0 Å². The molecule has 31 heavy (non-hydrogen) atoms. The Morgan fingerprint density at radius 3 is 2.55 bits per heavy atom. The predicted molar refractivity (Wildman–Crippen MR) is 120 cm³/mol. The van der Waals surface area contributed by atoms with Crippen LogP contribution in [-0.4, -0.2) is 24.2 Å². The zero-order valence-corrected chi connectivity index (χ0v) is 17.8. The Morgan fingerprint density at radius 1 is 1.10 bits per heavy atom. The molecule has 4 aromatic rings. The zero-order valence-electron chi connectivity index (χ0n) is 17.0. The Morgan fingerprint density at radius 2 is 1.84 bits per heavy atom. The molecule has 0 saturated heterocycles. The van der Waals surface area contributed by atoms with E-state index in [1.165, 1.54) is 18.4 Å². The molecule has 0 amide bonds. The van der Waals surface area contributed by atoms with Gasteiger partial charge in [-0.1, -0.05) is 6.07 Å². The lowest BCUT2D eigenvalue weighted by molar-refractivity contribution is 0.601. The first-order valence-electron chi connectivity index (χ1n) is 9.75. The van der Waals surface area contributed by atoms with Gasteiger partial charge in [0, 0.05) is 53.6 Å². The Labute approximate surface area is 178 Å². The van der Waals surface area contributed by atoms with Crippen molar-refractivity contribution in [2.24, 2.45) is 7.05 Å². The molecule has 0 atom stereocenters. The standard InChI is InChI=1S/C23H20FN3O3S/c1-26-11-15-12-27(17-6-4-16(24)5-7-17)20-8-3-14(13-31(2,29)30)9-18(20)19-10-25-23(28)22(26)21(15)19/h3-11H,12-13H2,1-2H3,(H,25,28). The van der Waals surface area contributed by atoms with Crippen molar-refractivity contribution in [3.8, 4) is 11.1 Å². The Balaban J connectivity index is 1.83. The fourth-order valence-corrected chi connectivity index (χ4v) is 5.19. The van der Waals surface area contributed by atoms with Gasteiger partial charge in [-0.15, -0.1) is 0 Å². The van der Waals surface area contributed by atoms with Crippen molar-refractivity contribution in [1.82, 2.24) is 9.55 Å². The van der Waals surface area contributed by atoms with Crippen LogP contribution >= 0.6 is 0 Å². The quantitative estimate of drug-likeness (QED) is 0.528. The van der Waals surface area contributed by atoms with E-state index in [1.807, 2.05) is 25.4 Å². The van der Waals surface area contributed by atoms with E-state index in [0.717, 1.165) is 33.5 Å². The van der Waals surface area contributed by atoms with E-state index >= 15 is 0 Å². The number of aryl methyl sites for hydroxylation is 1. The number of fused-ring (bicyclic) bond motifs is 2. The number of benzene rings is 2. The van der Waals surface area contributed by atoms with Gasteiger partial charge in [-0.25, -0.2) is 12.8 Å². The molecule has 0 unspecified atom stereocenters. The molecule has 1 N–H and O–H groups in total. The number of halogens is 1. The lowest BCUT2D eigenvalue weighted by Crippen LogP contribution is -2.16. The monoisotopic (exact) mass is 437 g/mol. The highest BCUT2D eigenvalue weighted by Crippen LogP contribution is 2.43. The maximum Gasteiger partial charge on any atom is 0.272 e. The van der Waals surface area contributed by atoms with Gasteiger partial charge >= 0.3 is 0 Å². The second kappa shape index (κ2) is 6.81. The number of H-pyrrole nitrogens is 1. The zero-order chi connectivity index (χ0) is 21.9. The highest BCUT2D eigenvalue weighted by Gasteiger charge is 2.26. The van der Waals surface area contributed by atoms with Crippen LogP contribution in [0.15, 0.2) is 59.7 Å². The van der Waals surface area contributed by atoms with Crippen molar-refractivity contribution >= 4 is 32.1 Å². The van der Waals surface area contributed by atoms with Crippen LogP contribution < -0.4 is 10.5 Å². The average Bonchev–Trinajstić information content (AvgIpc) is 2.96. The molecule has 0 spiro atoms. The molecular weight excluding hydrogens is 417 g/mol. The van der Waals surface area contributed by atoms with Crippen LogP contribution in [0.3, 0.4) is 0 Å². The molecule has 0 radical (unpaired) electrons. The Bertz CT molecular complexity index is 1500. The van der Waals surface area contributed by atoms with Gasteiger partial charge in [0.2, 0.25) is 0 Å². The minimum absolute atomic E-state index is 0.0784. The number of pyridine rings is 1. The fraction of sp³-hybridized carbons (Fsp3) is 0.174. The lowest BCUT2D eigenvalue weighted by Gasteiger charge is -2.26. The van der Waals surface area contributed by atoms with Crippen molar-refractivity contribution in [2.75, 3.05) is 11.2 Å². The summed E-state index contributed by atoms with van der Waals surface area (Å²) in [6, 6.07) is 11.8. The first kappa shape index (κ1) is 19.6. The molecule has 2 aromatic heterocycles. The van der Waals surface area contributed by atoms with Crippen LogP contribution in [0.5, 0.6) is 0 Å². The van der Waals surface area contributed by atoms with Crippen LogP contribution in [0.25, 0.3) is 22.0 Å². The van der Waals surface area contributed by atoms with Crippen LogP contribution in [0.1, 0.15) is 11.1 Å². The minimum atomic E-state index is -3.22. The van der Waals surface area contributed by atoms with Crippen LogP contribution in [0.4, 0.5) is 15.8 Å². The third-order valence-corrected chi connectivity index (χ3v) is 6.49. The van der Waals surface area contributed by atoms with Gasteiger partial charge < -0.3 is 14.5 Å². The van der Waals surface area contributed by atoms with E-state index in [4.69, 9.17) is 0 Å². The third kappa shape index (κ3) is 3.33. The topological polar surface area (TPSA) is 75.2 Å². The maximum atomic E-state index is 13.6. The molecule has 3 heterocycles. The second-order valence-corrected chi connectivity index (χ2v) is 10.1. The van der Waals surface area contributed by atoms with Gasteiger partial charge in [0.1, 0.15) is 11.3 Å². The van der Waals surface area contributed by atoms with Gasteiger partial charge in [0.05, 0.1) is 12.3 Å². The number of hydrogen-bond acceptors (Lipinski definition) is 4. The number of rotatable bonds is 3. The highest BCUT2D eigenvalue weighted by atomic mass is 32.2. The van der Waals surface area contributed by atoms with Crippen molar-refractivity contribution in [3.05, 3.63) is 82.2 Å². The Kier molecular flexibility index (Phi) is 4.30. The number of sulfone groups is 1. The number of aromatic amines is 1. The molecule has 1 aliphatic heterocycles. The number of nitrogens with zero attached hydrogens (tertiary/aromatic N) is 2. The van der Waals surface area contributed by atoms with E-state index in [9.17, 15) is 17.6 Å². The third-order valence-electron chi connectivity index (χ3n) is 5.63. The smallest absolute Gasteiger partial charge is 0.272 e. The molecular formula is C23H20FN3O3S. The summed E-state index contributed by atoms with van der Waals surface area (Å²) in [6.45, 7) is 0.484. The molecule has 158 valence electrons. The molecule has 0 aliphatic carbocycles. The molecule has 8 heteroatoms. The minimum Gasteiger partial charge on any atom is -0.346 e. The van der Waals surface area contributed by atoms with E-state index in [2.05, 4.69) is 9.88 Å². The summed E-state index contributed by atoms with van der Waals surface area (Å²) in [7, 11) is -1.39. The van der Waals surface area contributed by atoms with E-state index in [0.29, 0.717) is 17.6 Å². The normalized spacial score (nSPS) is 13.3. The summed E-state index contributed by atoms with van der Waals surface area (Å²) >= 11 is 0. The number of anilines is 2. The maximum absolute atomic E-state index is 13.6. The summed E-state index contributed by atoms with van der Waals surface area (Å²) in [6.07, 6.45) is 4.83. The van der Waals surface area contributed by atoms with Gasteiger partial charge in [-0.3, -0.25) is 4.79 Å². The largest absolute Gasteiger partial charge is 0.346 e. The molecule has 0 fully saturated rings. The van der Waals surface area contributed by atoms with Crippen molar-refractivity contribution in [2.45, 2.75) is 12.3 Å². The molecule has 5 rings (SSSR count). The average molecular weight is 437 g/mol. The van der Waals surface area contributed by atoms with Crippen molar-refractivity contribution in [3.63, 3.8) is 0 Å². The molecule has 0 saturated carbocycles. The summed E-state index contributed by atoms with van der Waals surface area (Å²) in [5, 5.41) is 0.841. The van der Waals surface area contributed by atoms with Gasteiger partial charge in [-0.05, 0) is 47.5 Å². The van der Waals surface area contributed by atoms with E-state index in [-0.39, 0.29) is 17.1 Å². The van der Waals surface area contributed by atoms with Gasteiger partial charge in [-0.2, -0.15) is 0 Å². The summed E-state index contributed by atoms with van der Waals surface area (Å²) < 4.78 is 39.2. The number of nitrogens with one attached hydrogen (secondary N) is 1. The SMILES string of the molecule is Cn1cc2c3c(c[nH]c(=O)c31)-c1cc(CS(C)(=O)=O)ccc1N(c1ccc(F)cc1)C2. The molecule has 0 bridgehead atoms. The van der Waals surface area contributed by atoms with Crippen LogP contribution in [0.2, 0.25) is 0 Å². The molecule has 6 nitrogen and oxygen atoms in total. The van der Waals surface area contributed by atoms with Crippen LogP contribution in [0, 0.1) is 5.82 Å². The number of hydrogen-bond donors (Lipinski definition) is 1. The van der Waals surface area contributed by atoms with Crippen LogP contribution in [-0.2, 0) is 29.2 Å². The predicted octanol–water partition coefficient (Wildman–Crippen LogP) is 3.87. The fourth-order valence-electron chi connectivity index (χ4n) is 4.41. The summed E-state index contributed by atoms with van der Waals surface area (Å²) in [5.74, 6) is -0.399. The van der Waals surface area contributed by atoms with E-state index < -0.39 is 9.84 Å². The Hall–Kier alpha value is -3.39. The van der Waals surface area contributed by atoms with Gasteiger partial charge in [0.25, 0.3) is 5.56 Å². The van der Waals surface area contributed by atoms with Gasteiger partial charge in [0.15, 0.2) is 9.84 Å². The lowest BCUT2D eigenvalue weighted by atomic mass is 9.99. The second-order valence-electron chi connectivity index (χ2n) is 8.00. The number of aromatic nitrogens is 2. The highest BCUT2D eigenvalue weighted by molar-refractivity contribution is 7.89. The summed E-state index contributed by atoms with van der Waals surface area (Å²) in [5.41, 5.74) is 5.31. The van der Waals surface area contributed by atoms with Crippen molar-refractivity contribution in [1.29, 1.82) is 0 Å². The van der Waals surface area contributed by atoms with Crippen molar-refractivity contribution < 1.29 is 12.8 Å². The first-order chi connectivity index (χ1) is 14.7. The molecule has 2 aromatic carbocycles. The summed E-state index contributed by atoms with van der Waals surface area (Å²) in [4.78, 5) is 17.4.